The first-order valence-electron chi connectivity index (χ1n) is 10.4. The molecule has 2 aliphatic heterocycles. The maximum Gasteiger partial charge on any atom is 0.320 e. The molecule has 1 fully saturated rings. The lowest BCUT2D eigenvalue weighted by Crippen LogP contribution is -2.53. The molecule has 8 heteroatoms. The first-order valence-corrected chi connectivity index (χ1v) is 10.4. The van der Waals surface area contributed by atoms with Crippen LogP contribution in [0.1, 0.15) is 16.7 Å². The molecule has 2 aliphatic rings. The normalized spacial score (nSPS) is 17.2. The summed E-state index contributed by atoms with van der Waals surface area (Å²) >= 11 is 0. The summed E-state index contributed by atoms with van der Waals surface area (Å²) in [5, 5.41) is 8.09. The number of fused-ring (bicyclic) bond motifs is 3. The lowest BCUT2D eigenvalue weighted by atomic mass is 9.99. The summed E-state index contributed by atoms with van der Waals surface area (Å²) in [5.41, 5.74) is 4.48. The standard InChI is InChI=1S/C22H26N6O2/c1-30-18-4-2-16(3-5-18)14-26-8-10-27(11-9-26)22(29)28-7-6-19-17(15-28)12-23-21-20(19)13-24-25-21/h2-5,12-13H,6-11,14-15H2,1H3,(H,23,24,25). The molecule has 1 aromatic carbocycles. The lowest BCUT2D eigenvalue weighted by molar-refractivity contribution is 0.107. The van der Waals surface area contributed by atoms with Gasteiger partial charge in [-0.3, -0.25) is 10.00 Å². The van der Waals surface area contributed by atoms with Gasteiger partial charge in [-0.25, -0.2) is 9.78 Å². The number of nitrogens with one attached hydrogen (secondary N) is 1. The van der Waals surface area contributed by atoms with Crippen LogP contribution in [0.15, 0.2) is 36.7 Å². The Morgan fingerprint density at radius 1 is 1.07 bits per heavy atom. The van der Waals surface area contributed by atoms with Crippen molar-refractivity contribution in [3.8, 4) is 5.75 Å². The quantitative estimate of drug-likeness (QED) is 0.722. The van der Waals surface area contributed by atoms with E-state index in [-0.39, 0.29) is 6.03 Å². The smallest absolute Gasteiger partial charge is 0.320 e. The third-order valence-corrected chi connectivity index (χ3v) is 6.15. The van der Waals surface area contributed by atoms with Crippen LogP contribution in [0, 0.1) is 0 Å². The first kappa shape index (κ1) is 18.9. The van der Waals surface area contributed by atoms with Crippen molar-refractivity contribution in [3.05, 3.63) is 53.3 Å². The Balaban J connectivity index is 1.17. The number of aromatic nitrogens is 3. The van der Waals surface area contributed by atoms with Gasteiger partial charge in [0.15, 0.2) is 5.65 Å². The molecular formula is C22H26N6O2. The molecule has 5 rings (SSSR count). The molecule has 0 spiro atoms. The summed E-state index contributed by atoms with van der Waals surface area (Å²) in [5.74, 6) is 0.876. The number of amides is 2. The van der Waals surface area contributed by atoms with Gasteiger partial charge in [0.2, 0.25) is 0 Å². The summed E-state index contributed by atoms with van der Waals surface area (Å²) in [6.45, 7) is 5.56. The van der Waals surface area contributed by atoms with Gasteiger partial charge >= 0.3 is 6.03 Å². The molecule has 2 aromatic heterocycles. The van der Waals surface area contributed by atoms with Crippen LogP contribution in [0.25, 0.3) is 11.0 Å². The first-order chi connectivity index (χ1) is 14.7. The SMILES string of the molecule is COc1ccc(CN2CCN(C(=O)N3CCc4c(cnc5[nH]ncc45)C3)CC2)cc1. The average Bonchev–Trinajstić information content (AvgIpc) is 3.29. The van der Waals surface area contributed by atoms with E-state index in [0.29, 0.717) is 6.54 Å². The Morgan fingerprint density at radius 3 is 2.63 bits per heavy atom. The van der Waals surface area contributed by atoms with Crippen LogP contribution in [0.3, 0.4) is 0 Å². The minimum absolute atomic E-state index is 0.136. The number of benzene rings is 1. The highest BCUT2D eigenvalue weighted by molar-refractivity contribution is 5.80. The highest BCUT2D eigenvalue weighted by Crippen LogP contribution is 2.25. The van der Waals surface area contributed by atoms with Gasteiger partial charge in [-0.1, -0.05) is 12.1 Å². The van der Waals surface area contributed by atoms with E-state index < -0.39 is 0 Å². The molecule has 3 aromatic rings. The fraction of sp³-hybridized carbons (Fsp3) is 0.409. The van der Waals surface area contributed by atoms with Gasteiger partial charge in [0.1, 0.15) is 5.75 Å². The van der Waals surface area contributed by atoms with Gasteiger partial charge in [0.25, 0.3) is 0 Å². The number of hydrogen-bond donors (Lipinski definition) is 1. The predicted molar refractivity (Wildman–Crippen MR) is 113 cm³/mol. The second-order valence-corrected chi connectivity index (χ2v) is 7.96. The third kappa shape index (κ3) is 3.59. The monoisotopic (exact) mass is 406 g/mol. The second-order valence-electron chi connectivity index (χ2n) is 7.96. The molecule has 1 N–H and O–H groups in total. The number of aromatic amines is 1. The highest BCUT2D eigenvalue weighted by atomic mass is 16.5. The molecule has 0 atom stereocenters. The van der Waals surface area contributed by atoms with E-state index in [2.05, 4.69) is 32.2 Å². The van der Waals surface area contributed by atoms with Crippen molar-refractivity contribution in [1.29, 1.82) is 0 Å². The predicted octanol–water partition coefficient (Wildman–Crippen LogP) is 2.26. The summed E-state index contributed by atoms with van der Waals surface area (Å²) in [6, 6.07) is 8.33. The van der Waals surface area contributed by atoms with E-state index in [4.69, 9.17) is 4.74 Å². The summed E-state index contributed by atoms with van der Waals surface area (Å²) < 4.78 is 5.23. The molecule has 0 aliphatic carbocycles. The molecule has 4 heterocycles. The number of hydrogen-bond acceptors (Lipinski definition) is 5. The van der Waals surface area contributed by atoms with Crippen molar-refractivity contribution < 1.29 is 9.53 Å². The Hall–Kier alpha value is -3.13. The van der Waals surface area contributed by atoms with Gasteiger partial charge in [-0.05, 0) is 35.2 Å². The zero-order valence-electron chi connectivity index (χ0n) is 17.2. The summed E-state index contributed by atoms with van der Waals surface area (Å²) in [6.07, 6.45) is 4.56. The number of piperazine rings is 1. The molecular weight excluding hydrogens is 380 g/mol. The van der Waals surface area contributed by atoms with Crippen molar-refractivity contribution in [3.63, 3.8) is 0 Å². The molecule has 8 nitrogen and oxygen atoms in total. The van der Waals surface area contributed by atoms with Crippen molar-refractivity contribution in [2.75, 3.05) is 39.8 Å². The van der Waals surface area contributed by atoms with Gasteiger partial charge < -0.3 is 14.5 Å². The number of ether oxygens (including phenoxy) is 1. The molecule has 0 unspecified atom stereocenters. The highest BCUT2D eigenvalue weighted by Gasteiger charge is 2.28. The van der Waals surface area contributed by atoms with Crippen LogP contribution in [-0.2, 0) is 19.5 Å². The summed E-state index contributed by atoms with van der Waals surface area (Å²) in [4.78, 5) is 23.9. The van der Waals surface area contributed by atoms with E-state index in [9.17, 15) is 4.79 Å². The lowest BCUT2D eigenvalue weighted by Gasteiger charge is -2.39. The molecule has 30 heavy (non-hydrogen) atoms. The Morgan fingerprint density at radius 2 is 1.87 bits per heavy atom. The molecule has 0 bridgehead atoms. The average molecular weight is 406 g/mol. The molecule has 1 saturated heterocycles. The van der Waals surface area contributed by atoms with Crippen molar-refractivity contribution >= 4 is 17.1 Å². The van der Waals surface area contributed by atoms with E-state index in [1.54, 1.807) is 7.11 Å². The number of pyridine rings is 1. The molecule has 156 valence electrons. The zero-order chi connectivity index (χ0) is 20.5. The van der Waals surface area contributed by atoms with E-state index in [1.807, 2.05) is 34.3 Å². The molecule has 2 amide bonds. The molecule has 0 saturated carbocycles. The van der Waals surface area contributed by atoms with Crippen LogP contribution < -0.4 is 4.74 Å². The van der Waals surface area contributed by atoms with Crippen molar-refractivity contribution in [1.82, 2.24) is 29.9 Å². The summed E-state index contributed by atoms with van der Waals surface area (Å²) in [7, 11) is 1.68. The number of methoxy groups -OCH3 is 1. The van der Waals surface area contributed by atoms with Crippen molar-refractivity contribution in [2.24, 2.45) is 0 Å². The van der Waals surface area contributed by atoms with Crippen LogP contribution in [0.2, 0.25) is 0 Å². The maximum atomic E-state index is 13.1. The van der Waals surface area contributed by atoms with Gasteiger partial charge in [0, 0.05) is 57.4 Å². The van der Waals surface area contributed by atoms with Gasteiger partial charge in [-0.2, -0.15) is 5.10 Å². The van der Waals surface area contributed by atoms with Crippen molar-refractivity contribution in [2.45, 2.75) is 19.5 Å². The Labute approximate surface area is 175 Å². The van der Waals surface area contributed by atoms with E-state index in [0.717, 1.165) is 68.0 Å². The number of rotatable bonds is 3. The van der Waals surface area contributed by atoms with Crippen LogP contribution in [0.4, 0.5) is 4.79 Å². The van der Waals surface area contributed by atoms with E-state index in [1.165, 1.54) is 11.1 Å². The van der Waals surface area contributed by atoms with Crippen LogP contribution >= 0.6 is 0 Å². The fourth-order valence-electron chi connectivity index (χ4n) is 4.40. The largest absolute Gasteiger partial charge is 0.497 e. The number of carbonyl (C=O) groups excluding carboxylic acids is 1. The molecule has 0 radical (unpaired) electrons. The van der Waals surface area contributed by atoms with E-state index >= 15 is 0 Å². The Bertz CT molecular complexity index is 1040. The zero-order valence-corrected chi connectivity index (χ0v) is 17.2. The minimum Gasteiger partial charge on any atom is -0.497 e. The van der Waals surface area contributed by atoms with Gasteiger partial charge in [-0.15, -0.1) is 0 Å². The van der Waals surface area contributed by atoms with Gasteiger partial charge in [0.05, 0.1) is 13.3 Å². The van der Waals surface area contributed by atoms with Crippen LogP contribution in [0.5, 0.6) is 5.75 Å². The number of carbonyl (C=O) groups is 1. The number of urea groups is 1. The maximum absolute atomic E-state index is 13.1. The van der Waals surface area contributed by atoms with Crippen LogP contribution in [-0.4, -0.2) is 75.7 Å². The third-order valence-electron chi connectivity index (χ3n) is 6.15. The topological polar surface area (TPSA) is 77.6 Å². The second kappa shape index (κ2) is 7.95. The number of nitrogens with zero attached hydrogens (tertiary/aromatic N) is 5. The Kier molecular flexibility index (Phi) is 5.00. The minimum atomic E-state index is 0.136. The fourth-order valence-corrected chi connectivity index (χ4v) is 4.40. The number of H-pyrrole nitrogens is 1.